The Morgan fingerprint density at radius 3 is 2.57 bits per heavy atom. The predicted molar refractivity (Wildman–Crippen MR) is 52.0 cm³/mol. The van der Waals surface area contributed by atoms with Gasteiger partial charge in [0, 0.05) is 6.42 Å². The van der Waals surface area contributed by atoms with Gasteiger partial charge in [-0.15, -0.1) is 0 Å². The van der Waals surface area contributed by atoms with Crippen LogP contribution in [0, 0.1) is 0 Å². The number of benzene rings is 1. The van der Waals surface area contributed by atoms with Gasteiger partial charge in [0.05, 0.1) is 0 Å². The number of nitrogens with two attached hydrogens (primary N) is 1. The molecule has 0 unspecified atom stereocenters. The van der Waals surface area contributed by atoms with Crippen LogP contribution in [0.2, 0.25) is 0 Å². The Bertz CT molecular complexity index is 349. The summed E-state index contributed by atoms with van der Waals surface area (Å²) in [6.45, 7) is 1.83. The van der Waals surface area contributed by atoms with Gasteiger partial charge in [0.1, 0.15) is 0 Å². The minimum Gasteiger partial charge on any atom is -0.504 e. The van der Waals surface area contributed by atoms with E-state index in [0.717, 1.165) is 5.56 Å². The van der Waals surface area contributed by atoms with Gasteiger partial charge in [-0.3, -0.25) is 4.79 Å². The van der Waals surface area contributed by atoms with Gasteiger partial charge in [0.2, 0.25) is 5.91 Å². The fraction of sp³-hybridized carbons (Fsp3) is 0.300. The fourth-order valence-corrected chi connectivity index (χ4v) is 1.27. The molecule has 4 nitrogen and oxygen atoms in total. The third-order valence-electron chi connectivity index (χ3n) is 2.08. The lowest BCUT2D eigenvalue weighted by Crippen LogP contribution is -2.13. The molecule has 1 atom stereocenters. The molecule has 0 aromatic heterocycles. The minimum absolute atomic E-state index is 0.0565. The molecule has 14 heavy (non-hydrogen) atoms. The highest BCUT2D eigenvalue weighted by Crippen LogP contribution is 2.29. The summed E-state index contributed by atoms with van der Waals surface area (Å²) in [6.07, 6.45) is 0.226. The minimum atomic E-state index is -0.384. The van der Waals surface area contributed by atoms with Crippen LogP contribution in [0.4, 0.5) is 0 Å². The van der Waals surface area contributed by atoms with Crippen molar-refractivity contribution in [2.45, 2.75) is 19.3 Å². The maximum absolute atomic E-state index is 10.6. The number of amides is 1. The lowest BCUT2D eigenvalue weighted by Gasteiger charge is -2.10. The van der Waals surface area contributed by atoms with Crippen LogP contribution >= 0.6 is 0 Å². The summed E-state index contributed by atoms with van der Waals surface area (Å²) in [5.41, 5.74) is 5.82. The van der Waals surface area contributed by atoms with Gasteiger partial charge < -0.3 is 15.9 Å². The molecule has 1 rings (SSSR count). The SMILES string of the molecule is C[C@@H](CC(N)=O)c1ccc(O)c(O)c1. The van der Waals surface area contributed by atoms with Gasteiger partial charge in [0.15, 0.2) is 11.5 Å². The smallest absolute Gasteiger partial charge is 0.218 e. The number of carbonyl (C=O) groups excluding carboxylic acids is 1. The number of aromatic hydroxyl groups is 2. The third-order valence-corrected chi connectivity index (χ3v) is 2.08. The van der Waals surface area contributed by atoms with Crippen LogP contribution in [-0.4, -0.2) is 16.1 Å². The number of primary amides is 1. The topological polar surface area (TPSA) is 83.6 Å². The summed E-state index contributed by atoms with van der Waals surface area (Å²) in [7, 11) is 0. The third kappa shape index (κ3) is 2.39. The van der Waals surface area contributed by atoms with Crippen molar-refractivity contribution in [2.75, 3.05) is 0 Å². The van der Waals surface area contributed by atoms with Crippen molar-refractivity contribution in [1.29, 1.82) is 0 Å². The number of phenolic OH excluding ortho intramolecular Hbond substituents is 2. The Hall–Kier alpha value is -1.71. The van der Waals surface area contributed by atoms with Crippen molar-refractivity contribution in [3.05, 3.63) is 23.8 Å². The second kappa shape index (κ2) is 4.00. The molecule has 1 aromatic carbocycles. The molecule has 4 heteroatoms. The van der Waals surface area contributed by atoms with Crippen molar-refractivity contribution in [3.63, 3.8) is 0 Å². The molecular weight excluding hydrogens is 182 g/mol. The average Bonchev–Trinajstić information content (AvgIpc) is 2.08. The molecule has 4 N–H and O–H groups in total. The molecule has 76 valence electrons. The molecule has 0 aliphatic rings. The van der Waals surface area contributed by atoms with E-state index in [1.807, 2.05) is 6.92 Å². The van der Waals surface area contributed by atoms with Crippen LogP contribution in [0.5, 0.6) is 11.5 Å². The summed E-state index contributed by atoms with van der Waals surface area (Å²) < 4.78 is 0. The first-order chi connectivity index (χ1) is 6.50. The molecule has 0 radical (unpaired) electrons. The maximum Gasteiger partial charge on any atom is 0.218 e. The molecule has 0 saturated carbocycles. The Morgan fingerprint density at radius 1 is 1.43 bits per heavy atom. The van der Waals surface area contributed by atoms with Crippen LogP contribution < -0.4 is 5.73 Å². The molecule has 0 saturated heterocycles. The van der Waals surface area contributed by atoms with Crippen LogP contribution in [0.15, 0.2) is 18.2 Å². The van der Waals surface area contributed by atoms with Gasteiger partial charge in [-0.2, -0.15) is 0 Å². The van der Waals surface area contributed by atoms with Crippen LogP contribution in [-0.2, 0) is 4.79 Å². The Kier molecular flexibility index (Phi) is 2.96. The van der Waals surface area contributed by atoms with E-state index in [9.17, 15) is 9.90 Å². The first-order valence-electron chi connectivity index (χ1n) is 4.31. The van der Waals surface area contributed by atoms with Gasteiger partial charge in [-0.25, -0.2) is 0 Å². The molecule has 0 heterocycles. The lowest BCUT2D eigenvalue weighted by atomic mass is 9.97. The highest BCUT2D eigenvalue weighted by atomic mass is 16.3. The standard InChI is InChI=1S/C10H13NO3/c1-6(4-10(11)14)7-2-3-8(12)9(13)5-7/h2-3,5-6,12-13H,4H2,1H3,(H2,11,14)/t6-/m0/s1. The van der Waals surface area contributed by atoms with Crippen LogP contribution in [0.25, 0.3) is 0 Å². The van der Waals surface area contributed by atoms with Crippen molar-refractivity contribution >= 4 is 5.91 Å². The number of hydrogen-bond acceptors (Lipinski definition) is 3. The van der Waals surface area contributed by atoms with E-state index < -0.39 is 0 Å². The highest BCUT2D eigenvalue weighted by Gasteiger charge is 2.10. The Balaban J connectivity index is 2.85. The highest BCUT2D eigenvalue weighted by molar-refractivity contribution is 5.74. The summed E-state index contributed by atoms with van der Waals surface area (Å²) in [4.78, 5) is 10.6. The van der Waals surface area contributed by atoms with Crippen molar-refractivity contribution < 1.29 is 15.0 Å². The van der Waals surface area contributed by atoms with Crippen LogP contribution in [0.3, 0.4) is 0 Å². The Labute approximate surface area is 82.0 Å². The van der Waals surface area contributed by atoms with E-state index in [-0.39, 0.29) is 29.7 Å². The van der Waals surface area contributed by atoms with E-state index in [0.29, 0.717) is 0 Å². The second-order valence-electron chi connectivity index (χ2n) is 3.32. The normalized spacial score (nSPS) is 12.4. The summed E-state index contributed by atoms with van der Waals surface area (Å²) in [5, 5.41) is 18.3. The van der Waals surface area contributed by atoms with Gasteiger partial charge in [-0.05, 0) is 23.6 Å². The predicted octanol–water partition coefficient (Wildman–Crippen LogP) is 1.08. The quantitative estimate of drug-likeness (QED) is 0.631. The first kappa shape index (κ1) is 10.4. The maximum atomic E-state index is 10.6. The van der Waals surface area contributed by atoms with E-state index >= 15 is 0 Å². The summed E-state index contributed by atoms with van der Waals surface area (Å²) in [5.74, 6) is -0.789. The molecule has 0 bridgehead atoms. The van der Waals surface area contributed by atoms with Gasteiger partial charge in [-0.1, -0.05) is 13.0 Å². The molecule has 1 aromatic rings. The molecule has 0 aliphatic carbocycles. The average molecular weight is 195 g/mol. The fourth-order valence-electron chi connectivity index (χ4n) is 1.27. The van der Waals surface area contributed by atoms with Gasteiger partial charge >= 0.3 is 0 Å². The number of hydrogen-bond donors (Lipinski definition) is 3. The van der Waals surface area contributed by atoms with Crippen molar-refractivity contribution in [3.8, 4) is 11.5 Å². The summed E-state index contributed by atoms with van der Waals surface area (Å²) in [6, 6.07) is 4.48. The van der Waals surface area contributed by atoms with Crippen LogP contribution in [0.1, 0.15) is 24.8 Å². The largest absolute Gasteiger partial charge is 0.504 e. The van der Waals surface area contributed by atoms with Crippen molar-refractivity contribution in [1.82, 2.24) is 0 Å². The Morgan fingerprint density at radius 2 is 2.07 bits per heavy atom. The number of phenols is 2. The molecular formula is C10H13NO3. The van der Waals surface area contributed by atoms with E-state index in [2.05, 4.69) is 0 Å². The molecule has 0 fully saturated rings. The zero-order valence-corrected chi connectivity index (χ0v) is 7.90. The zero-order valence-electron chi connectivity index (χ0n) is 7.90. The second-order valence-corrected chi connectivity index (χ2v) is 3.32. The molecule has 1 amide bonds. The lowest BCUT2D eigenvalue weighted by molar-refractivity contribution is -0.118. The van der Waals surface area contributed by atoms with Gasteiger partial charge in [0.25, 0.3) is 0 Å². The van der Waals surface area contributed by atoms with Crippen molar-refractivity contribution in [2.24, 2.45) is 5.73 Å². The molecule has 0 aliphatic heterocycles. The van der Waals surface area contributed by atoms with E-state index in [1.165, 1.54) is 12.1 Å². The number of carbonyl (C=O) groups is 1. The summed E-state index contributed by atoms with van der Waals surface area (Å²) >= 11 is 0. The molecule has 0 spiro atoms. The monoisotopic (exact) mass is 195 g/mol. The zero-order chi connectivity index (χ0) is 10.7. The van der Waals surface area contributed by atoms with E-state index in [4.69, 9.17) is 10.8 Å². The number of rotatable bonds is 3. The first-order valence-corrected chi connectivity index (χ1v) is 4.31. The van der Waals surface area contributed by atoms with E-state index in [1.54, 1.807) is 6.07 Å².